The Labute approximate surface area is 207 Å². The first-order valence-corrected chi connectivity index (χ1v) is 11.5. The maximum Gasteiger partial charge on any atom is 0.415 e. The first kappa shape index (κ1) is 24.5. The molecular weight excluding hydrogens is 476 g/mol. The van der Waals surface area contributed by atoms with Crippen LogP contribution < -0.4 is 15.0 Å². The number of ether oxygens (including phenoxy) is 3. The van der Waals surface area contributed by atoms with Crippen LogP contribution in [0.2, 0.25) is 5.02 Å². The van der Waals surface area contributed by atoms with E-state index in [2.05, 4.69) is 20.4 Å². The molecule has 1 aliphatic rings. The van der Waals surface area contributed by atoms with Crippen molar-refractivity contribution < 1.29 is 23.8 Å². The van der Waals surface area contributed by atoms with E-state index in [1.807, 2.05) is 0 Å². The highest BCUT2D eigenvalue weighted by atomic mass is 35.5. The number of carbonyl (C=O) groups excluding carboxylic acids is 2. The third-order valence-corrected chi connectivity index (χ3v) is 5.49. The maximum atomic E-state index is 12.8. The molecule has 1 fully saturated rings. The normalized spacial score (nSPS) is 13.8. The second kappa shape index (κ2) is 9.57. The summed E-state index contributed by atoms with van der Waals surface area (Å²) in [5.41, 5.74) is 0.0974. The maximum absolute atomic E-state index is 12.8. The molecule has 0 saturated heterocycles. The summed E-state index contributed by atoms with van der Waals surface area (Å²) in [5, 5.41) is 7.81. The van der Waals surface area contributed by atoms with Crippen LogP contribution >= 0.6 is 11.6 Å². The predicted molar refractivity (Wildman–Crippen MR) is 130 cm³/mol. The van der Waals surface area contributed by atoms with Gasteiger partial charge in [0.1, 0.15) is 34.6 Å². The van der Waals surface area contributed by atoms with Gasteiger partial charge in [0.05, 0.1) is 18.3 Å². The number of methoxy groups -OCH3 is 1. The van der Waals surface area contributed by atoms with Crippen LogP contribution in [-0.4, -0.2) is 57.5 Å². The molecule has 1 N–H and O–H groups in total. The molecule has 0 aliphatic heterocycles. The second-order valence-corrected chi connectivity index (χ2v) is 9.56. The summed E-state index contributed by atoms with van der Waals surface area (Å²) in [7, 11) is 2.81. The number of esters is 1. The van der Waals surface area contributed by atoms with Gasteiger partial charge in [-0.25, -0.2) is 19.6 Å². The van der Waals surface area contributed by atoms with Crippen LogP contribution in [0.3, 0.4) is 0 Å². The van der Waals surface area contributed by atoms with E-state index in [1.165, 1.54) is 36.0 Å². The summed E-state index contributed by atoms with van der Waals surface area (Å²) in [6, 6.07) is 3.27. The van der Waals surface area contributed by atoms with E-state index in [0.717, 1.165) is 19.3 Å². The number of carbonyl (C=O) groups is 2. The fourth-order valence-electron chi connectivity index (χ4n) is 3.32. The van der Waals surface area contributed by atoms with E-state index in [0.29, 0.717) is 28.2 Å². The third kappa shape index (κ3) is 5.40. The third-order valence-electron chi connectivity index (χ3n) is 5.28. The van der Waals surface area contributed by atoms with Gasteiger partial charge in [-0.05, 0) is 46.1 Å². The van der Waals surface area contributed by atoms with Crippen LogP contribution in [0.25, 0.3) is 5.65 Å². The van der Waals surface area contributed by atoms with E-state index >= 15 is 0 Å². The van der Waals surface area contributed by atoms with Gasteiger partial charge in [-0.15, -0.1) is 0 Å². The number of rotatable bonds is 6. The quantitative estimate of drug-likeness (QED) is 0.481. The molecule has 0 radical (unpaired) electrons. The number of hydrogen-bond acceptors (Lipinski definition) is 9. The molecule has 0 bridgehead atoms. The fraction of sp³-hybridized carbons (Fsp3) is 0.435. The lowest BCUT2D eigenvalue weighted by molar-refractivity contribution is 0.0583. The number of nitrogens with one attached hydrogen (secondary N) is 1. The summed E-state index contributed by atoms with van der Waals surface area (Å²) < 4.78 is 17.7. The van der Waals surface area contributed by atoms with Crippen molar-refractivity contribution in [3.05, 3.63) is 35.1 Å². The number of halogens is 1. The van der Waals surface area contributed by atoms with Gasteiger partial charge in [0.15, 0.2) is 5.65 Å². The largest absolute Gasteiger partial charge is 0.473 e. The highest BCUT2D eigenvalue weighted by Crippen LogP contribution is 2.33. The molecule has 1 amide bonds. The molecule has 3 aromatic rings. The first-order valence-electron chi connectivity index (χ1n) is 11.1. The Morgan fingerprint density at radius 2 is 1.97 bits per heavy atom. The van der Waals surface area contributed by atoms with Crippen molar-refractivity contribution in [1.29, 1.82) is 0 Å². The van der Waals surface area contributed by atoms with Crippen LogP contribution in [0.15, 0.2) is 24.5 Å². The Bertz CT molecular complexity index is 1270. The Balaban J connectivity index is 1.77. The number of anilines is 3. The molecular formula is C23H27ClN6O5. The average Bonchev–Trinajstić information content (AvgIpc) is 3.18. The number of amides is 1. The number of fused-ring (bicyclic) bond motifs is 1. The zero-order valence-electron chi connectivity index (χ0n) is 20.2. The number of aromatic nitrogens is 4. The SMILES string of the molecule is COC(=O)c1cnn2c(N(C)C(=O)OC(C)(C)C)cc(Nc3cc(Cl)cnc3OC3CCC3)nc12. The summed E-state index contributed by atoms with van der Waals surface area (Å²) in [6.07, 6.45) is 5.34. The van der Waals surface area contributed by atoms with Gasteiger partial charge in [0.2, 0.25) is 5.88 Å². The first-order chi connectivity index (χ1) is 16.6. The van der Waals surface area contributed by atoms with Gasteiger partial charge >= 0.3 is 12.1 Å². The molecule has 0 spiro atoms. The van der Waals surface area contributed by atoms with E-state index in [9.17, 15) is 9.59 Å². The smallest absolute Gasteiger partial charge is 0.415 e. The summed E-state index contributed by atoms with van der Waals surface area (Å²) in [4.78, 5) is 35.3. The number of hydrogen-bond donors (Lipinski definition) is 1. The van der Waals surface area contributed by atoms with E-state index in [4.69, 9.17) is 25.8 Å². The number of pyridine rings is 1. The van der Waals surface area contributed by atoms with Crippen LogP contribution in [0, 0.1) is 0 Å². The molecule has 1 saturated carbocycles. The van der Waals surface area contributed by atoms with Crippen LogP contribution in [0.5, 0.6) is 5.88 Å². The van der Waals surface area contributed by atoms with Gasteiger partial charge in [0.25, 0.3) is 0 Å². The standard InChI is InChI=1S/C23H27ClN6O5/c1-23(2,3)35-22(32)29(4)18-10-17(28-19-15(21(31)33-5)12-26-30(18)19)27-16-9-13(24)11-25-20(16)34-14-7-6-8-14/h9-12,14H,6-8H2,1-5H3,(H,27,28). The highest BCUT2D eigenvalue weighted by Gasteiger charge is 2.26. The van der Waals surface area contributed by atoms with Crippen molar-refractivity contribution in [3.63, 3.8) is 0 Å². The van der Waals surface area contributed by atoms with Crippen LogP contribution in [0.1, 0.15) is 50.4 Å². The molecule has 11 nitrogen and oxygen atoms in total. The van der Waals surface area contributed by atoms with Crippen molar-refractivity contribution >= 4 is 46.6 Å². The topological polar surface area (TPSA) is 120 Å². The van der Waals surface area contributed by atoms with Gasteiger partial charge in [-0.3, -0.25) is 4.90 Å². The molecule has 0 aromatic carbocycles. The Morgan fingerprint density at radius 1 is 1.23 bits per heavy atom. The highest BCUT2D eigenvalue weighted by molar-refractivity contribution is 6.30. The lowest BCUT2D eigenvalue weighted by Gasteiger charge is -2.27. The fourth-order valence-corrected chi connectivity index (χ4v) is 3.48. The summed E-state index contributed by atoms with van der Waals surface area (Å²) in [6.45, 7) is 5.31. The molecule has 0 atom stereocenters. The Hall–Kier alpha value is -3.60. The monoisotopic (exact) mass is 502 g/mol. The Kier molecular flexibility index (Phi) is 6.70. The minimum Gasteiger partial charge on any atom is -0.473 e. The minimum atomic E-state index is -0.708. The molecule has 0 unspecified atom stereocenters. The predicted octanol–water partition coefficient (Wildman–Crippen LogP) is 4.61. The van der Waals surface area contributed by atoms with Crippen molar-refractivity contribution in [2.24, 2.45) is 0 Å². The lowest BCUT2D eigenvalue weighted by atomic mass is 9.96. The van der Waals surface area contributed by atoms with Crippen LogP contribution in [-0.2, 0) is 9.47 Å². The molecule has 1 aliphatic carbocycles. The van der Waals surface area contributed by atoms with E-state index < -0.39 is 17.7 Å². The molecule has 186 valence electrons. The van der Waals surface area contributed by atoms with Gasteiger partial charge in [-0.1, -0.05) is 11.6 Å². The number of nitrogens with zero attached hydrogens (tertiary/aromatic N) is 5. The molecule has 35 heavy (non-hydrogen) atoms. The van der Waals surface area contributed by atoms with Crippen molar-refractivity contribution in [3.8, 4) is 5.88 Å². The van der Waals surface area contributed by atoms with E-state index in [1.54, 1.807) is 32.9 Å². The molecule has 3 aromatic heterocycles. The van der Waals surface area contributed by atoms with Gasteiger partial charge in [0, 0.05) is 19.3 Å². The van der Waals surface area contributed by atoms with Crippen molar-refractivity contribution in [1.82, 2.24) is 19.6 Å². The lowest BCUT2D eigenvalue weighted by Crippen LogP contribution is -2.35. The van der Waals surface area contributed by atoms with Gasteiger partial charge < -0.3 is 19.5 Å². The zero-order chi connectivity index (χ0) is 25.3. The minimum absolute atomic E-state index is 0.0919. The van der Waals surface area contributed by atoms with E-state index in [-0.39, 0.29) is 17.3 Å². The second-order valence-electron chi connectivity index (χ2n) is 9.13. The molecule has 3 heterocycles. The van der Waals surface area contributed by atoms with Gasteiger partial charge in [-0.2, -0.15) is 9.61 Å². The molecule has 12 heteroatoms. The van der Waals surface area contributed by atoms with Crippen LogP contribution in [0.4, 0.5) is 22.1 Å². The average molecular weight is 503 g/mol. The zero-order valence-corrected chi connectivity index (χ0v) is 20.9. The summed E-state index contributed by atoms with van der Waals surface area (Å²) >= 11 is 6.19. The van der Waals surface area contributed by atoms with Crippen molar-refractivity contribution in [2.45, 2.75) is 51.7 Å². The summed E-state index contributed by atoms with van der Waals surface area (Å²) in [5.74, 6) is 0.368. The Morgan fingerprint density at radius 3 is 2.60 bits per heavy atom. The van der Waals surface area contributed by atoms with Crippen molar-refractivity contribution in [2.75, 3.05) is 24.4 Å². The molecule has 4 rings (SSSR count).